The molecule has 6 heteroatoms. The van der Waals surface area contributed by atoms with E-state index in [4.69, 9.17) is 11.6 Å². The number of hydrogen-bond acceptors (Lipinski definition) is 4. The van der Waals surface area contributed by atoms with Gasteiger partial charge in [-0.15, -0.1) is 0 Å². The number of carbonyl (C=O) groups excluding carboxylic acids is 1. The van der Waals surface area contributed by atoms with Gasteiger partial charge in [-0.3, -0.25) is 14.7 Å². The lowest BCUT2D eigenvalue weighted by atomic mass is 10.1. The minimum atomic E-state index is 0.130. The number of hydrogen-bond donors (Lipinski definition) is 1. The molecule has 0 radical (unpaired) electrons. The minimum absolute atomic E-state index is 0.130. The molecule has 1 aliphatic heterocycles. The first-order chi connectivity index (χ1) is 11.6. The standard InChI is InChI=1S/C18H20ClN3O2/c19-15-3-4-16(20-12-15)13-21-7-9-22(10-8-21)18(24)11-14-1-5-17(23)6-2-14/h1-6,12,23H,7-11,13H2. The summed E-state index contributed by atoms with van der Waals surface area (Å²) in [4.78, 5) is 20.9. The van der Waals surface area contributed by atoms with E-state index in [0.29, 0.717) is 11.4 Å². The van der Waals surface area contributed by atoms with Crippen LogP contribution in [0.4, 0.5) is 0 Å². The molecule has 5 nitrogen and oxygen atoms in total. The monoisotopic (exact) mass is 345 g/mol. The lowest BCUT2D eigenvalue weighted by Crippen LogP contribution is -2.48. The number of aromatic hydroxyl groups is 1. The normalized spacial score (nSPS) is 15.5. The zero-order valence-corrected chi connectivity index (χ0v) is 14.1. The first kappa shape index (κ1) is 16.7. The number of halogens is 1. The average molecular weight is 346 g/mol. The summed E-state index contributed by atoms with van der Waals surface area (Å²) in [5.74, 6) is 0.348. The van der Waals surface area contributed by atoms with Crippen LogP contribution in [0.25, 0.3) is 0 Å². The highest BCUT2D eigenvalue weighted by atomic mass is 35.5. The number of benzene rings is 1. The third-order valence-corrected chi connectivity index (χ3v) is 4.41. The Bertz CT molecular complexity index is 680. The zero-order chi connectivity index (χ0) is 16.9. The van der Waals surface area contributed by atoms with Crippen LogP contribution in [-0.2, 0) is 17.8 Å². The fourth-order valence-electron chi connectivity index (χ4n) is 2.78. The molecule has 1 amide bonds. The first-order valence-corrected chi connectivity index (χ1v) is 8.36. The molecular formula is C18H20ClN3O2. The number of piperazine rings is 1. The Morgan fingerprint density at radius 1 is 1.08 bits per heavy atom. The van der Waals surface area contributed by atoms with E-state index in [1.165, 1.54) is 0 Å². The summed E-state index contributed by atoms with van der Waals surface area (Å²) in [6, 6.07) is 10.6. The van der Waals surface area contributed by atoms with Gasteiger partial charge in [-0.2, -0.15) is 0 Å². The van der Waals surface area contributed by atoms with Crippen molar-refractivity contribution in [2.45, 2.75) is 13.0 Å². The van der Waals surface area contributed by atoms with Gasteiger partial charge in [0.2, 0.25) is 5.91 Å². The smallest absolute Gasteiger partial charge is 0.227 e. The van der Waals surface area contributed by atoms with Crippen molar-refractivity contribution in [2.75, 3.05) is 26.2 Å². The minimum Gasteiger partial charge on any atom is -0.508 e. The molecule has 0 aliphatic carbocycles. The molecule has 24 heavy (non-hydrogen) atoms. The number of phenolic OH excluding ortho intramolecular Hbond substituents is 1. The highest BCUT2D eigenvalue weighted by molar-refractivity contribution is 6.30. The predicted octanol–water partition coefficient (Wildman–Crippen LogP) is 2.33. The van der Waals surface area contributed by atoms with E-state index >= 15 is 0 Å². The molecule has 1 aliphatic rings. The molecule has 1 aromatic carbocycles. The van der Waals surface area contributed by atoms with E-state index in [-0.39, 0.29) is 11.7 Å². The number of aromatic nitrogens is 1. The molecule has 2 heterocycles. The van der Waals surface area contributed by atoms with Crippen LogP contribution >= 0.6 is 11.6 Å². The zero-order valence-electron chi connectivity index (χ0n) is 13.4. The third-order valence-electron chi connectivity index (χ3n) is 4.19. The predicted molar refractivity (Wildman–Crippen MR) is 92.9 cm³/mol. The summed E-state index contributed by atoms with van der Waals surface area (Å²) < 4.78 is 0. The van der Waals surface area contributed by atoms with Crippen LogP contribution in [0.5, 0.6) is 5.75 Å². The lowest BCUT2D eigenvalue weighted by molar-refractivity contribution is -0.132. The van der Waals surface area contributed by atoms with Gasteiger partial charge in [0, 0.05) is 38.9 Å². The Morgan fingerprint density at radius 2 is 1.79 bits per heavy atom. The van der Waals surface area contributed by atoms with Gasteiger partial charge >= 0.3 is 0 Å². The topological polar surface area (TPSA) is 56.7 Å². The molecule has 126 valence electrons. The van der Waals surface area contributed by atoms with Crippen LogP contribution in [0, 0.1) is 0 Å². The number of carbonyl (C=O) groups is 1. The highest BCUT2D eigenvalue weighted by Crippen LogP contribution is 2.13. The number of rotatable bonds is 4. The van der Waals surface area contributed by atoms with Crippen LogP contribution in [0.2, 0.25) is 5.02 Å². The Balaban J connectivity index is 1.48. The molecule has 1 fully saturated rings. The molecule has 2 aromatic rings. The van der Waals surface area contributed by atoms with E-state index < -0.39 is 0 Å². The molecule has 0 atom stereocenters. The maximum Gasteiger partial charge on any atom is 0.227 e. The van der Waals surface area contributed by atoms with Crippen LogP contribution in [-0.4, -0.2) is 52.0 Å². The van der Waals surface area contributed by atoms with Crippen molar-refractivity contribution < 1.29 is 9.90 Å². The van der Waals surface area contributed by atoms with Crippen LogP contribution in [0.15, 0.2) is 42.6 Å². The van der Waals surface area contributed by atoms with Crippen LogP contribution < -0.4 is 0 Å². The van der Waals surface area contributed by atoms with Crippen molar-refractivity contribution in [1.29, 1.82) is 0 Å². The van der Waals surface area contributed by atoms with Crippen LogP contribution in [0.1, 0.15) is 11.3 Å². The van der Waals surface area contributed by atoms with Crippen LogP contribution in [0.3, 0.4) is 0 Å². The molecule has 0 bridgehead atoms. The van der Waals surface area contributed by atoms with Gasteiger partial charge in [0.1, 0.15) is 5.75 Å². The van der Waals surface area contributed by atoms with E-state index in [2.05, 4.69) is 9.88 Å². The van der Waals surface area contributed by atoms with Crippen molar-refractivity contribution in [3.63, 3.8) is 0 Å². The first-order valence-electron chi connectivity index (χ1n) is 7.98. The Hall–Kier alpha value is -2.11. The summed E-state index contributed by atoms with van der Waals surface area (Å²) >= 11 is 5.85. The van der Waals surface area contributed by atoms with Gasteiger partial charge < -0.3 is 10.0 Å². The maximum absolute atomic E-state index is 12.4. The summed E-state index contributed by atoms with van der Waals surface area (Å²) in [5, 5.41) is 9.93. The lowest BCUT2D eigenvalue weighted by Gasteiger charge is -2.34. The van der Waals surface area contributed by atoms with E-state index in [0.717, 1.165) is 44.0 Å². The van der Waals surface area contributed by atoms with Gasteiger partial charge in [0.15, 0.2) is 0 Å². The molecule has 0 unspecified atom stereocenters. The van der Waals surface area contributed by atoms with E-state index in [1.807, 2.05) is 17.0 Å². The van der Waals surface area contributed by atoms with Gasteiger partial charge in [0.25, 0.3) is 0 Å². The average Bonchev–Trinajstić information content (AvgIpc) is 2.59. The Morgan fingerprint density at radius 3 is 2.42 bits per heavy atom. The largest absolute Gasteiger partial charge is 0.508 e. The number of pyridine rings is 1. The maximum atomic E-state index is 12.4. The van der Waals surface area contributed by atoms with Crippen molar-refractivity contribution in [3.05, 3.63) is 58.9 Å². The highest BCUT2D eigenvalue weighted by Gasteiger charge is 2.21. The second kappa shape index (κ2) is 7.64. The third kappa shape index (κ3) is 4.46. The van der Waals surface area contributed by atoms with Crippen molar-refractivity contribution in [2.24, 2.45) is 0 Å². The van der Waals surface area contributed by atoms with E-state index in [1.54, 1.807) is 30.5 Å². The molecule has 1 N–H and O–H groups in total. The van der Waals surface area contributed by atoms with Crippen molar-refractivity contribution in [3.8, 4) is 5.75 Å². The second-order valence-electron chi connectivity index (χ2n) is 5.97. The second-order valence-corrected chi connectivity index (χ2v) is 6.40. The van der Waals surface area contributed by atoms with Crippen molar-refractivity contribution in [1.82, 2.24) is 14.8 Å². The summed E-state index contributed by atoms with van der Waals surface area (Å²) in [6.07, 6.45) is 2.04. The fraction of sp³-hybridized carbons (Fsp3) is 0.333. The summed E-state index contributed by atoms with van der Waals surface area (Å²) in [7, 11) is 0. The Kier molecular flexibility index (Phi) is 5.33. The van der Waals surface area contributed by atoms with Gasteiger partial charge in [-0.05, 0) is 29.8 Å². The number of phenols is 1. The SMILES string of the molecule is O=C(Cc1ccc(O)cc1)N1CCN(Cc2ccc(Cl)cn2)CC1. The quantitative estimate of drug-likeness (QED) is 0.924. The molecule has 3 rings (SSSR count). The van der Waals surface area contributed by atoms with Gasteiger partial charge in [0.05, 0.1) is 17.1 Å². The molecule has 0 spiro atoms. The van der Waals surface area contributed by atoms with Gasteiger partial charge in [-0.25, -0.2) is 0 Å². The molecule has 0 saturated carbocycles. The van der Waals surface area contributed by atoms with Gasteiger partial charge in [-0.1, -0.05) is 23.7 Å². The summed E-state index contributed by atoms with van der Waals surface area (Å²) in [5.41, 5.74) is 1.91. The fourth-order valence-corrected chi connectivity index (χ4v) is 2.90. The Labute approximate surface area is 146 Å². The number of amides is 1. The molecule has 1 aromatic heterocycles. The van der Waals surface area contributed by atoms with Crippen molar-refractivity contribution >= 4 is 17.5 Å². The summed E-state index contributed by atoms with van der Waals surface area (Å²) in [6.45, 7) is 3.91. The molecular weight excluding hydrogens is 326 g/mol. The van der Waals surface area contributed by atoms with E-state index in [9.17, 15) is 9.90 Å². The number of nitrogens with zero attached hydrogens (tertiary/aromatic N) is 3. The molecule has 1 saturated heterocycles.